The van der Waals surface area contributed by atoms with Crippen molar-refractivity contribution in [1.82, 2.24) is 9.97 Å². The second kappa shape index (κ2) is 4.33. The molecule has 5 nitrogen and oxygen atoms in total. The van der Waals surface area contributed by atoms with Gasteiger partial charge in [0.25, 0.3) is 0 Å². The van der Waals surface area contributed by atoms with E-state index in [1.165, 1.54) is 6.92 Å². The maximum absolute atomic E-state index is 12.3. The molecule has 1 aromatic heterocycles. The first-order valence-electron chi connectivity index (χ1n) is 4.17. The first kappa shape index (κ1) is 12.2. The SMILES string of the molecule is CCOc1cc(C(F)(F)F)nc(C(=O)O)n1. The summed E-state index contributed by atoms with van der Waals surface area (Å²) in [5.74, 6) is -3.01. The van der Waals surface area contributed by atoms with Gasteiger partial charge in [-0.25, -0.2) is 9.78 Å². The minimum Gasteiger partial charge on any atom is -0.478 e. The molecule has 16 heavy (non-hydrogen) atoms. The van der Waals surface area contributed by atoms with Gasteiger partial charge >= 0.3 is 12.1 Å². The van der Waals surface area contributed by atoms with Crippen LogP contribution in [0.15, 0.2) is 6.07 Å². The van der Waals surface area contributed by atoms with Crippen molar-refractivity contribution in [2.45, 2.75) is 13.1 Å². The number of nitrogens with zero attached hydrogens (tertiary/aromatic N) is 2. The molecular formula is C8H7F3N2O3. The molecule has 0 atom stereocenters. The molecule has 0 saturated heterocycles. The molecule has 8 heteroatoms. The minimum absolute atomic E-state index is 0.0768. The van der Waals surface area contributed by atoms with E-state index in [2.05, 4.69) is 9.97 Å². The fourth-order valence-electron chi connectivity index (χ4n) is 0.888. The third kappa shape index (κ3) is 2.81. The summed E-state index contributed by atoms with van der Waals surface area (Å²) in [4.78, 5) is 16.7. The predicted octanol–water partition coefficient (Wildman–Crippen LogP) is 1.59. The molecule has 88 valence electrons. The summed E-state index contributed by atoms with van der Waals surface area (Å²) in [5.41, 5.74) is -1.34. The third-order valence-electron chi connectivity index (χ3n) is 1.48. The lowest BCUT2D eigenvalue weighted by atomic mass is 10.4. The number of carboxylic acid groups (broad SMARTS) is 1. The Balaban J connectivity index is 3.24. The molecule has 1 aromatic rings. The number of alkyl halides is 3. The van der Waals surface area contributed by atoms with Crippen LogP contribution in [0.25, 0.3) is 0 Å². The average molecular weight is 236 g/mol. The lowest BCUT2D eigenvalue weighted by Gasteiger charge is -2.08. The Morgan fingerprint density at radius 1 is 1.50 bits per heavy atom. The topological polar surface area (TPSA) is 72.3 Å². The van der Waals surface area contributed by atoms with Gasteiger partial charge in [-0.05, 0) is 6.92 Å². The van der Waals surface area contributed by atoms with Crippen LogP contribution in [0.5, 0.6) is 5.88 Å². The quantitative estimate of drug-likeness (QED) is 0.862. The number of carboxylic acids is 1. The van der Waals surface area contributed by atoms with E-state index in [1.54, 1.807) is 0 Å². The lowest BCUT2D eigenvalue weighted by Crippen LogP contribution is -2.14. The van der Waals surface area contributed by atoms with Gasteiger partial charge in [-0.2, -0.15) is 18.2 Å². The molecule has 0 amide bonds. The number of hydrogen-bond acceptors (Lipinski definition) is 4. The van der Waals surface area contributed by atoms with Crippen LogP contribution in [0, 0.1) is 0 Å². The van der Waals surface area contributed by atoms with Gasteiger partial charge in [0.05, 0.1) is 6.61 Å². The maximum Gasteiger partial charge on any atom is 0.433 e. The Hall–Kier alpha value is -1.86. The van der Waals surface area contributed by atoms with Crippen LogP contribution >= 0.6 is 0 Å². The van der Waals surface area contributed by atoms with Crippen molar-refractivity contribution in [2.24, 2.45) is 0 Å². The molecule has 0 aromatic carbocycles. The van der Waals surface area contributed by atoms with Gasteiger partial charge in [0.2, 0.25) is 11.7 Å². The minimum atomic E-state index is -4.74. The first-order valence-corrected chi connectivity index (χ1v) is 4.17. The third-order valence-corrected chi connectivity index (χ3v) is 1.48. The van der Waals surface area contributed by atoms with Crippen LogP contribution in [-0.4, -0.2) is 27.7 Å². The molecule has 0 aliphatic carbocycles. The largest absolute Gasteiger partial charge is 0.478 e. The fourth-order valence-corrected chi connectivity index (χ4v) is 0.888. The highest BCUT2D eigenvalue weighted by atomic mass is 19.4. The van der Waals surface area contributed by atoms with E-state index in [1.807, 2.05) is 0 Å². The zero-order valence-electron chi connectivity index (χ0n) is 8.08. The zero-order chi connectivity index (χ0) is 12.3. The summed E-state index contributed by atoms with van der Waals surface area (Å²) in [6, 6.07) is 0.552. The van der Waals surface area contributed by atoms with Gasteiger partial charge in [-0.3, -0.25) is 0 Å². The van der Waals surface area contributed by atoms with E-state index >= 15 is 0 Å². The standard InChI is InChI=1S/C8H7F3N2O3/c1-2-16-5-3-4(8(9,10)11)12-6(13-5)7(14)15/h3H,2H2,1H3,(H,14,15). The van der Waals surface area contributed by atoms with Gasteiger partial charge in [0.1, 0.15) is 0 Å². The van der Waals surface area contributed by atoms with Gasteiger partial charge in [-0.15, -0.1) is 0 Å². The molecule has 0 spiro atoms. The molecular weight excluding hydrogens is 229 g/mol. The van der Waals surface area contributed by atoms with E-state index in [0.717, 1.165) is 0 Å². The highest BCUT2D eigenvalue weighted by Crippen LogP contribution is 2.29. The van der Waals surface area contributed by atoms with Crippen LogP contribution < -0.4 is 4.74 Å². The van der Waals surface area contributed by atoms with Crippen molar-refractivity contribution < 1.29 is 27.8 Å². The Morgan fingerprint density at radius 3 is 2.56 bits per heavy atom. The van der Waals surface area contributed by atoms with Crippen molar-refractivity contribution in [1.29, 1.82) is 0 Å². The van der Waals surface area contributed by atoms with Gasteiger partial charge < -0.3 is 9.84 Å². The molecule has 0 saturated carbocycles. The van der Waals surface area contributed by atoms with E-state index in [-0.39, 0.29) is 6.61 Å². The molecule has 0 fully saturated rings. The van der Waals surface area contributed by atoms with Crippen LogP contribution in [0.4, 0.5) is 13.2 Å². The molecule has 0 bridgehead atoms. The molecule has 1 rings (SSSR count). The smallest absolute Gasteiger partial charge is 0.433 e. The van der Waals surface area contributed by atoms with Crippen LogP contribution in [0.2, 0.25) is 0 Å². The number of hydrogen-bond donors (Lipinski definition) is 1. The Kier molecular flexibility index (Phi) is 3.31. The number of halogens is 3. The molecule has 1 N–H and O–H groups in total. The Labute approximate surface area is 87.9 Å². The molecule has 0 unspecified atom stereocenters. The van der Waals surface area contributed by atoms with Crippen molar-refractivity contribution in [2.75, 3.05) is 6.61 Å². The van der Waals surface area contributed by atoms with Crippen molar-refractivity contribution in [3.8, 4) is 5.88 Å². The Morgan fingerprint density at radius 2 is 2.12 bits per heavy atom. The number of aromatic nitrogens is 2. The lowest BCUT2D eigenvalue weighted by molar-refractivity contribution is -0.141. The predicted molar refractivity (Wildman–Crippen MR) is 45.2 cm³/mol. The maximum atomic E-state index is 12.3. The fraction of sp³-hybridized carbons (Fsp3) is 0.375. The van der Waals surface area contributed by atoms with Gasteiger partial charge in [0.15, 0.2) is 5.69 Å². The van der Waals surface area contributed by atoms with E-state index in [4.69, 9.17) is 9.84 Å². The highest BCUT2D eigenvalue weighted by Gasteiger charge is 2.34. The first-order chi connectivity index (χ1) is 7.34. The van der Waals surface area contributed by atoms with Gasteiger partial charge in [0, 0.05) is 6.07 Å². The summed E-state index contributed by atoms with van der Waals surface area (Å²) < 4.78 is 41.7. The van der Waals surface area contributed by atoms with Crippen molar-refractivity contribution in [3.05, 3.63) is 17.6 Å². The number of aromatic carboxylic acids is 1. The second-order valence-corrected chi connectivity index (χ2v) is 2.65. The second-order valence-electron chi connectivity index (χ2n) is 2.65. The zero-order valence-corrected chi connectivity index (χ0v) is 8.08. The molecule has 0 radical (unpaired) electrons. The van der Waals surface area contributed by atoms with E-state index < -0.39 is 29.5 Å². The number of carbonyl (C=O) groups is 1. The summed E-state index contributed by atoms with van der Waals surface area (Å²) >= 11 is 0. The highest BCUT2D eigenvalue weighted by molar-refractivity contribution is 5.83. The summed E-state index contributed by atoms with van der Waals surface area (Å²) in [5, 5.41) is 8.52. The number of rotatable bonds is 3. The average Bonchev–Trinajstić information content (AvgIpc) is 2.16. The summed E-state index contributed by atoms with van der Waals surface area (Å²) in [6.45, 7) is 1.61. The molecule has 0 aliphatic heterocycles. The summed E-state index contributed by atoms with van der Waals surface area (Å²) in [6.07, 6.45) is -4.74. The normalized spacial score (nSPS) is 11.2. The molecule has 0 aliphatic rings. The van der Waals surface area contributed by atoms with Crippen LogP contribution in [-0.2, 0) is 6.18 Å². The van der Waals surface area contributed by atoms with Crippen molar-refractivity contribution >= 4 is 5.97 Å². The van der Waals surface area contributed by atoms with E-state index in [9.17, 15) is 18.0 Å². The van der Waals surface area contributed by atoms with Crippen molar-refractivity contribution in [3.63, 3.8) is 0 Å². The van der Waals surface area contributed by atoms with Crippen LogP contribution in [0.1, 0.15) is 23.2 Å². The Bertz CT molecular complexity index is 406. The number of ether oxygens (including phenoxy) is 1. The van der Waals surface area contributed by atoms with E-state index in [0.29, 0.717) is 6.07 Å². The summed E-state index contributed by atoms with van der Waals surface area (Å²) in [7, 11) is 0. The monoisotopic (exact) mass is 236 g/mol. The van der Waals surface area contributed by atoms with Crippen LogP contribution in [0.3, 0.4) is 0 Å². The molecule has 1 heterocycles. The van der Waals surface area contributed by atoms with Gasteiger partial charge in [-0.1, -0.05) is 0 Å².